The minimum absolute atomic E-state index is 0.0403. The van der Waals surface area contributed by atoms with Crippen LogP contribution in [-0.2, 0) is 18.0 Å². The van der Waals surface area contributed by atoms with E-state index in [0.717, 1.165) is 22.5 Å². The average Bonchev–Trinajstić information content (AvgIpc) is 3.46. The van der Waals surface area contributed by atoms with Crippen molar-refractivity contribution in [1.82, 2.24) is 19.5 Å². The van der Waals surface area contributed by atoms with Gasteiger partial charge in [-0.15, -0.1) is 11.3 Å². The fourth-order valence-corrected chi connectivity index (χ4v) is 4.39. The van der Waals surface area contributed by atoms with Gasteiger partial charge >= 0.3 is 6.18 Å². The Bertz CT molecular complexity index is 1370. The van der Waals surface area contributed by atoms with Crippen molar-refractivity contribution in [2.45, 2.75) is 25.4 Å². The first-order valence-corrected chi connectivity index (χ1v) is 11.8. The summed E-state index contributed by atoms with van der Waals surface area (Å²) in [6.45, 7) is 2.23. The Morgan fingerprint density at radius 1 is 1.17 bits per heavy atom. The number of rotatable bonds is 10. The number of hydrogen-bond acceptors (Lipinski definition) is 8. The number of fused-ring (bicyclic) bond motifs is 1. The van der Waals surface area contributed by atoms with Crippen LogP contribution in [0.4, 0.5) is 24.0 Å². The first-order chi connectivity index (χ1) is 17.2. The molecule has 3 aromatic heterocycles. The molecule has 12 heteroatoms. The highest BCUT2D eigenvalue weighted by Gasteiger charge is 2.31. The normalized spacial score (nSPS) is 12.6. The summed E-state index contributed by atoms with van der Waals surface area (Å²) in [5, 5.41) is 3.50. The number of pyridine rings is 1. The number of halogens is 3. The Hall–Kier alpha value is -3.51. The summed E-state index contributed by atoms with van der Waals surface area (Å²) in [6, 6.07) is 4.96. The Kier molecular flexibility index (Phi) is 7.55. The lowest BCUT2D eigenvalue weighted by atomic mass is 10.0. The van der Waals surface area contributed by atoms with Gasteiger partial charge in [-0.2, -0.15) is 13.2 Å². The van der Waals surface area contributed by atoms with Crippen LogP contribution in [0.5, 0.6) is 5.75 Å². The van der Waals surface area contributed by atoms with Gasteiger partial charge in [0.1, 0.15) is 23.6 Å². The van der Waals surface area contributed by atoms with Crippen LogP contribution in [0.2, 0.25) is 0 Å². The van der Waals surface area contributed by atoms with Crippen molar-refractivity contribution in [3.05, 3.63) is 59.1 Å². The third-order valence-corrected chi connectivity index (χ3v) is 6.64. The Morgan fingerprint density at radius 3 is 2.72 bits per heavy atom. The average molecular weight is 520 g/mol. The number of thiazole rings is 1. The first kappa shape index (κ1) is 25.6. The minimum Gasteiger partial charge on any atom is -0.489 e. The quantitative estimate of drug-likeness (QED) is 0.216. The molecule has 0 aliphatic rings. The molecular formula is C24H24F3N5O3S. The number of ether oxygens (including phenoxy) is 2. The van der Waals surface area contributed by atoms with E-state index in [1.165, 1.54) is 24.5 Å². The lowest BCUT2D eigenvalue weighted by Gasteiger charge is -2.15. The predicted molar refractivity (Wildman–Crippen MR) is 130 cm³/mol. The number of methoxy groups -OCH3 is 1. The standard InChI is InChI=1S/C24H24F3N5O3S/c1-14(8-20(33)17-10-19-18(11-28-17)30-13-32(19)2)22-12-29-23(36-22)31-16-5-4-15(24(25,26)27)9-21(16)35-7-6-34-3/h4-5,9-14H,6-8H2,1-3H3,(H,29,31). The molecule has 0 radical (unpaired) electrons. The fraction of sp³-hybridized carbons (Fsp3) is 0.333. The number of imidazole rings is 1. The summed E-state index contributed by atoms with van der Waals surface area (Å²) in [6.07, 6.45) is 0.629. The maximum Gasteiger partial charge on any atom is 0.416 e. The zero-order valence-electron chi connectivity index (χ0n) is 19.8. The number of aromatic nitrogens is 4. The monoisotopic (exact) mass is 519 g/mol. The highest BCUT2D eigenvalue weighted by Crippen LogP contribution is 2.38. The number of Topliss-reactive ketones (excluding diaryl/α,β-unsaturated/α-hetero) is 1. The van der Waals surface area contributed by atoms with Gasteiger partial charge in [0.15, 0.2) is 10.9 Å². The van der Waals surface area contributed by atoms with Crippen LogP contribution in [0.25, 0.3) is 11.0 Å². The molecule has 8 nitrogen and oxygen atoms in total. The summed E-state index contributed by atoms with van der Waals surface area (Å²) >= 11 is 1.31. The lowest BCUT2D eigenvalue weighted by Crippen LogP contribution is -2.09. The molecule has 190 valence electrons. The largest absolute Gasteiger partial charge is 0.489 e. The number of ketones is 1. The van der Waals surface area contributed by atoms with Gasteiger partial charge in [0, 0.05) is 31.7 Å². The van der Waals surface area contributed by atoms with Gasteiger partial charge in [0.25, 0.3) is 0 Å². The molecule has 0 aliphatic heterocycles. The minimum atomic E-state index is -4.50. The van der Waals surface area contributed by atoms with Crippen molar-refractivity contribution in [2.24, 2.45) is 7.05 Å². The van der Waals surface area contributed by atoms with E-state index < -0.39 is 11.7 Å². The topological polar surface area (TPSA) is 91.2 Å². The van der Waals surface area contributed by atoms with Crippen molar-refractivity contribution in [2.75, 3.05) is 25.6 Å². The molecule has 0 bridgehead atoms. The highest BCUT2D eigenvalue weighted by molar-refractivity contribution is 7.15. The summed E-state index contributed by atoms with van der Waals surface area (Å²) in [5.74, 6) is -0.205. The van der Waals surface area contributed by atoms with Gasteiger partial charge in [-0.3, -0.25) is 9.78 Å². The van der Waals surface area contributed by atoms with Crippen LogP contribution < -0.4 is 10.1 Å². The number of hydrogen-bond donors (Lipinski definition) is 1. The summed E-state index contributed by atoms with van der Waals surface area (Å²) in [7, 11) is 3.33. The van der Waals surface area contributed by atoms with E-state index in [4.69, 9.17) is 9.47 Å². The van der Waals surface area contributed by atoms with Gasteiger partial charge in [-0.05, 0) is 30.2 Å². The summed E-state index contributed by atoms with van der Waals surface area (Å²) in [4.78, 5) is 26.5. The van der Waals surface area contributed by atoms with Crippen molar-refractivity contribution < 1.29 is 27.4 Å². The predicted octanol–water partition coefficient (Wildman–Crippen LogP) is 5.59. The van der Waals surface area contributed by atoms with Crippen molar-refractivity contribution in [1.29, 1.82) is 0 Å². The number of anilines is 2. The number of benzene rings is 1. The molecule has 0 saturated carbocycles. The first-order valence-electron chi connectivity index (χ1n) is 11.0. The van der Waals surface area contributed by atoms with Crippen molar-refractivity contribution in [3.63, 3.8) is 0 Å². The molecule has 36 heavy (non-hydrogen) atoms. The van der Waals surface area contributed by atoms with Crippen molar-refractivity contribution in [3.8, 4) is 5.75 Å². The molecule has 1 unspecified atom stereocenters. The second-order valence-corrected chi connectivity index (χ2v) is 9.25. The van der Waals surface area contributed by atoms with E-state index in [1.807, 2.05) is 18.5 Å². The van der Waals surface area contributed by atoms with Crippen molar-refractivity contribution >= 4 is 39.0 Å². The van der Waals surface area contributed by atoms with Crippen LogP contribution in [0.1, 0.15) is 40.2 Å². The van der Waals surface area contributed by atoms with Crippen LogP contribution in [0.3, 0.4) is 0 Å². The molecule has 0 spiro atoms. The number of aryl methyl sites for hydroxylation is 1. The molecule has 0 aliphatic carbocycles. The molecule has 4 aromatic rings. The van der Waals surface area contributed by atoms with Gasteiger partial charge in [-0.25, -0.2) is 9.97 Å². The lowest BCUT2D eigenvalue weighted by molar-refractivity contribution is -0.137. The zero-order valence-corrected chi connectivity index (χ0v) is 20.6. The molecule has 0 fully saturated rings. The summed E-state index contributed by atoms with van der Waals surface area (Å²) < 4.78 is 51.8. The molecule has 4 rings (SSSR count). The molecule has 1 atom stereocenters. The Labute approximate surface area is 209 Å². The maximum atomic E-state index is 13.2. The van der Waals surface area contributed by atoms with E-state index in [1.54, 1.807) is 24.8 Å². The van der Waals surface area contributed by atoms with Gasteiger partial charge in [-0.1, -0.05) is 6.92 Å². The number of nitrogens with zero attached hydrogens (tertiary/aromatic N) is 4. The second kappa shape index (κ2) is 10.6. The van der Waals surface area contributed by atoms with Crippen LogP contribution in [0, 0.1) is 0 Å². The molecule has 0 amide bonds. The van der Waals surface area contributed by atoms with Crippen LogP contribution in [0.15, 0.2) is 43.0 Å². The third-order valence-electron chi connectivity index (χ3n) is 5.49. The molecule has 0 saturated heterocycles. The second-order valence-electron chi connectivity index (χ2n) is 8.18. The van der Waals surface area contributed by atoms with E-state index >= 15 is 0 Å². The van der Waals surface area contributed by atoms with E-state index in [-0.39, 0.29) is 37.1 Å². The maximum absolute atomic E-state index is 13.2. The number of nitrogens with one attached hydrogen (secondary N) is 1. The van der Waals surface area contributed by atoms with E-state index in [0.29, 0.717) is 22.0 Å². The number of alkyl halides is 3. The van der Waals surface area contributed by atoms with Crippen LogP contribution >= 0.6 is 11.3 Å². The zero-order chi connectivity index (χ0) is 25.9. The van der Waals surface area contributed by atoms with E-state index in [2.05, 4.69) is 20.3 Å². The number of carbonyl (C=O) groups excluding carboxylic acids is 1. The molecule has 3 heterocycles. The van der Waals surface area contributed by atoms with Gasteiger partial charge < -0.3 is 19.4 Å². The fourth-order valence-electron chi connectivity index (χ4n) is 3.51. The molecular weight excluding hydrogens is 495 g/mol. The molecule has 1 aromatic carbocycles. The number of carbonyl (C=O) groups is 1. The van der Waals surface area contributed by atoms with Gasteiger partial charge in [0.05, 0.1) is 35.9 Å². The Balaban J connectivity index is 1.47. The van der Waals surface area contributed by atoms with Gasteiger partial charge in [0.2, 0.25) is 0 Å². The highest BCUT2D eigenvalue weighted by atomic mass is 32.1. The van der Waals surface area contributed by atoms with Crippen LogP contribution in [-0.4, -0.2) is 45.6 Å². The molecule has 1 N–H and O–H groups in total. The SMILES string of the molecule is COCCOc1cc(C(F)(F)F)ccc1Nc1ncc(C(C)CC(=O)c2cc3c(cn2)ncn3C)s1. The summed E-state index contributed by atoms with van der Waals surface area (Å²) in [5.41, 5.74) is 1.44. The smallest absolute Gasteiger partial charge is 0.416 e. The van der Waals surface area contributed by atoms with E-state index in [9.17, 15) is 18.0 Å². The third kappa shape index (κ3) is 5.82. The Morgan fingerprint density at radius 2 is 1.97 bits per heavy atom.